The molecule has 1 atom stereocenters. The minimum absolute atomic E-state index is 0.178. The summed E-state index contributed by atoms with van der Waals surface area (Å²) in [5.41, 5.74) is -2.66. The highest BCUT2D eigenvalue weighted by Gasteiger charge is 2.59. The van der Waals surface area contributed by atoms with E-state index in [9.17, 15) is 18.7 Å². The molecule has 1 unspecified atom stereocenters. The van der Waals surface area contributed by atoms with Crippen LogP contribution in [-0.2, 0) is 15.1 Å². The predicted molar refractivity (Wildman–Crippen MR) is 53.3 cm³/mol. The molecule has 1 aromatic rings. The van der Waals surface area contributed by atoms with E-state index in [2.05, 4.69) is 9.72 Å². The minimum atomic E-state index is -4.03. The fourth-order valence-corrected chi connectivity index (χ4v) is 1.75. The topological polar surface area (TPSA) is 59.4 Å². The number of ether oxygens (including phenoxy) is 1. The Morgan fingerprint density at radius 2 is 2.31 bits per heavy atom. The SMILES string of the molecule is CCOC(=O)C(F)(F)C(C)(O)c1nccs1. The molecule has 0 aliphatic rings. The average Bonchev–Trinajstić information content (AvgIpc) is 2.70. The predicted octanol–water partition coefficient (Wildman–Crippen LogP) is 1.55. The molecule has 0 bridgehead atoms. The number of nitrogens with zero attached hydrogens (tertiary/aromatic N) is 1. The number of esters is 1. The van der Waals surface area contributed by atoms with E-state index in [1.54, 1.807) is 0 Å². The summed E-state index contributed by atoms with van der Waals surface area (Å²) < 4.78 is 31.4. The van der Waals surface area contributed by atoms with Crippen LogP contribution in [0.15, 0.2) is 11.6 Å². The lowest BCUT2D eigenvalue weighted by Gasteiger charge is -2.28. The van der Waals surface area contributed by atoms with Crippen LogP contribution in [-0.4, -0.2) is 28.6 Å². The Balaban J connectivity index is 3.02. The molecular formula is C9H11F2NO3S. The lowest BCUT2D eigenvalue weighted by Crippen LogP contribution is -2.49. The van der Waals surface area contributed by atoms with Crippen LogP contribution < -0.4 is 0 Å². The van der Waals surface area contributed by atoms with Crippen LogP contribution in [0.3, 0.4) is 0 Å². The van der Waals surface area contributed by atoms with Crippen molar-refractivity contribution < 1.29 is 23.4 Å². The molecule has 1 heterocycles. The van der Waals surface area contributed by atoms with Gasteiger partial charge in [-0.25, -0.2) is 9.78 Å². The van der Waals surface area contributed by atoms with Gasteiger partial charge in [0.05, 0.1) is 6.61 Å². The quantitative estimate of drug-likeness (QED) is 0.825. The Hall–Kier alpha value is -1.08. The number of hydrogen-bond acceptors (Lipinski definition) is 5. The zero-order valence-corrected chi connectivity index (χ0v) is 9.55. The number of aliphatic hydroxyl groups is 1. The van der Waals surface area contributed by atoms with Crippen molar-refractivity contribution in [2.75, 3.05) is 6.61 Å². The van der Waals surface area contributed by atoms with Crippen LogP contribution >= 0.6 is 11.3 Å². The second kappa shape index (κ2) is 4.42. The Labute approximate surface area is 94.9 Å². The Morgan fingerprint density at radius 3 is 2.75 bits per heavy atom. The summed E-state index contributed by atoms with van der Waals surface area (Å²) in [6.45, 7) is 2.07. The maximum Gasteiger partial charge on any atom is 0.380 e. The van der Waals surface area contributed by atoms with Crippen molar-refractivity contribution in [1.82, 2.24) is 4.98 Å². The largest absolute Gasteiger partial charge is 0.461 e. The molecule has 0 saturated carbocycles. The van der Waals surface area contributed by atoms with Crippen molar-refractivity contribution >= 4 is 17.3 Å². The van der Waals surface area contributed by atoms with Crippen LogP contribution in [0, 0.1) is 0 Å². The number of rotatable bonds is 4. The molecule has 1 rings (SSSR count). The summed E-state index contributed by atoms with van der Waals surface area (Å²) >= 11 is 0.843. The van der Waals surface area contributed by atoms with E-state index in [0.29, 0.717) is 0 Å². The second-order valence-corrected chi connectivity index (χ2v) is 4.10. The molecule has 0 aliphatic heterocycles. The van der Waals surface area contributed by atoms with E-state index >= 15 is 0 Å². The summed E-state index contributed by atoms with van der Waals surface area (Å²) in [6, 6.07) is 0. The van der Waals surface area contributed by atoms with Gasteiger partial charge in [0.25, 0.3) is 0 Å². The van der Waals surface area contributed by atoms with Crippen molar-refractivity contribution in [3.05, 3.63) is 16.6 Å². The first-order valence-corrected chi connectivity index (χ1v) is 5.39. The van der Waals surface area contributed by atoms with Crippen LogP contribution in [0.2, 0.25) is 0 Å². The van der Waals surface area contributed by atoms with Gasteiger partial charge in [-0.05, 0) is 13.8 Å². The van der Waals surface area contributed by atoms with Gasteiger partial charge in [-0.1, -0.05) is 0 Å². The molecule has 1 N–H and O–H groups in total. The van der Waals surface area contributed by atoms with Gasteiger partial charge < -0.3 is 9.84 Å². The fourth-order valence-electron chi connectivity index (χ4n) is 1.02. The third-order valence-corrected chi connectivity index (χ3v) is 2.98. The number of aromatic nitrogens is 1. The smallest absolute Gasteiger partial charge is 0.380 e. The molecule has 0 aliphatic carbocycles. The van der Waals surface area contributed by atoms with Gasteiger partial charge in [0.2, 0.25) is 0 Å². The normalized spacial score (nSPS) is 15.6. The first-order chi connectivity index (χ1) is 7.34. The first-order valence-electron chi connectivity index (χ1n) is 4.51. The summed E-state index contributed by atoms with van der Waals surface area (Å²) in [6.07, 6.45) is 1.27. The van der Waals surface area contributed by atoms with Crippen molar-refractivity contribution in [3.63, 3.8) is 0 Å². The zero-order valence-electron chi connectivity index (χ0n) is 8.74. The number of carbonyl (C=O) groups excluding carboxylic acids is 1. The van der Waals surface area contributed by atoms with Crippen molar-refractivity contribution in [3.8, 4) is 0 Å². The Kier molecular flexibility index (Phi) is 3.59. The summed E-state index contributed by atoms with van der Waals surface area (Å²) in [5.74, 6) is -5.78. The number of carbonyl (C=O) groups is 1. The maximum atomic E-state index is 13.6. The van der Waals surface area contributed by atoms with E-state index in [0.717, 1.165) is 18.3 Å². The molecule has 0 saturated heterocycles. The third-order valence-electron chi connectivity index (χ3n) is 1.99. The molecule has 90 valence electrons. The number of alkyl halides is 2. The number of hydrogen-bond donors (Lipinski definition) is 1. The molecule has 0 fully saturated rings. The van der Waals surface area contributed by atoms with Gasteiger partial charge in [0.1, 0.15) is 5.01 Å². The number of thiazole rings is 1. The standard InChI is InChI=1S/C9H11F2NO3S/c1-3-15-7(13)9(10,11)8(2,14)6-12-4-5-16-6/h4-5,14H,3H2,1-2H3. The van der Waals surface area contributed by atoms with Gasteiger partial charge in [-0.2, -0.15) is 8.78 Å². The van der Waals surface area contributed by atoms with E-state index in [1.807, 2.05) is 0 Å². The van der Waals surface area contributed by atoms with Crippen molar-refractivity contribution in [2.45, 2.75) is 25.4 Å². The van der Waals surface area contributed by atoms with E-state index < -0.39 is 17.5 Å². The minimum Gasteiger partial charge on any atom is -0.461 e. The van der Waals surface area contributed by atoms with Crippen molar-refractivity contribution in [1.29, 1.82) is 0 Å². The second-order valence-electron chi connectivity index (χ2n) is 3.20. The average molecular weight is 251 g/mol. The molecule has 0 amide bonds. The van der Waals surface area contributed by atoms with Gasteiger partial charge in [-0.15, -0.1) is 11.3 Å². The fraction of sp³-hybridized carbons (Fsp3) is 0.556. The van der Waals surface area contributed by atoms with E-state index in [4.69, 9.17) is 0 Å². The van der Waals surface area contributed by atoms with Crippen LogP contribution in [0.25, 0.3) is 0 Å². The van der Waals surface area contributed by atoms with Crippen LogP contribution in [0.4, 0.5) is 8.78 Å². The summed E-state index contributed by atoms with van der Waals surface area (Å²) in [5, 5.41) is 10.9. The Morgan fingerprint density at radius 1 is 1.69 bits per heavy atom. The molecule has 16 heavy (non-hydrogen) atoms. The molecular weight excluding hydrogens is 240 g/mol. The highest BCUT2D eigenvalue weighted by Crippen LogP contribution is 2.39. The van der Waals surface area contributed by atoms with Gasteiger partial charge in [0, 0.05) is 11.6 Å². The number of halogens is 2. The highest BCUT2D eigenvalue weighted by atomic mass is 32.1. The van der Waals surface area contributed by atoms with Crippen molar-refractivity contribution in [2.24, 2.45) is 0 Å². The first kappa shape index (κ1) is 13.0. The molecule has 1 aromatic heterocycles. The lowest BCUT2D eigenvalue weighted by atomic mass is 9.99. The van der Waals surface area contributed by atoms with Gasteiger partial charge in [-0.3, -0.25) is 0 Å². The summed E-state index contributed by atoms with van der Waals surface area (Å²) in [7, 11) is 0. The zero-order chi connectivity index (χ0) is 12.4. The van der Waals surface area contributed by atoms with Crippen LogP contribution in [0.1, 0.15) is 18.9 Å². The molecule has 0 spiro atoms. The van der Waals surface area contributed by atoms with E-state index in [-0.39, 0.29) is 11.6 Å². The van der Waals surface area contributed by atoms with Gasteiger partial charge in [0.15, 0.2) is 5.60 Å². The maximum absolute atomic E-state index is 13.6. The molecule has 7 heteroatoms. The molecule has 0 aromatic carbocycles. The van der Waals surface area contributed by atoms with E-state index in [1.165, 1.54) is 18.5 Å². The van der Waals surface area contributed by atoms with Crippen LogP contribution in [0.5, 0.6) is 0 Å². The molecule has 0 radical (unpaired) electrons. The Bertz CT molecular complexity index is 365. The lowest BCUT2D eigenvalue weighted by molar-refractivity contribution is -0.212. The monoisotopic (exact) mass is 251 g/mol. The highest BCUT2D eigenvalue weighted by molar-refractivity contribution is 7.09. The van der Waals surface area contributed by atoms with Gasteiger partial charge >= 0.3 is 11.9 Å². The molecule has 4 nitrogen and oxygen atoms in total. The summed E-state index contributed by atoms with van der Waals surface area (Å²) in [4.78, 5) is 14.6. The third kappa shape index (κ3) is 2.05.